The molecular formula is C60H106O6. The number of ether oxygens (including phenoxy) is 3. The van der Waals surface area contributed by atoms with Crippen molar-refractivity contribution in [3.05, 3.63) is 60.8 Å². The van der Waals surface area contributed by atoms with E-state index in [0.717, 1.165) is 89.9 Å². The number of rotatable bonds is 51. The summed E-state index contributed by atoms with van der Waals surface area (Å²) in [5, 5.41) is 0. The molecule has 0 aliphatic heterocycles. The summed E-state index contributed by atoms with van der Waals surface area (Å²) in [5.74, 6) is -0.903. The zero-order valence-corrected chi connectivity index (χ0v) is 43.7. The molecule has 382 valence electrons. The molecule has 1 unspecified atom stereocenters. The van der Waals surface area contributed by atoms with Crippen molar-refractivity contribution in [2.75, 3.05) is 13.2 Å². The summed E-state index contributed by atoms with van der Waals surface area (Å²) in [5.41, 5.74) is 0. The maximum absolute atomic E-state index is 12.8. The lowest BCUT2D eigenvalue weighted by Gasteiger charge is -2.18. The molecule has 6 heteroatoms. The average molecular weight is 924 g/mol. The molecule has 0 aromatic carbocycles. The van der Waals surface area contributed by atoms with E-state index >= 15 is 0 Å². The van der Waals surface area contributed by atoms with Crippen LogP contribution in [-0.4, -0.2) is 37.2 Å². The number of allylic oxidation sites excluding steroid dienone is 10. The standard InChI is InChI=1S/C60H106O6/c1-4-7-10-13-16-19-22-25-28-30-33-35-38-41-44-47-50-53-59(62)65-56-57(55-64-58(61)52-49-46-43-40-37-34-31-27-24-21-18-15-12-9-6-3)66-60(63)54-51-48-45-42-39-36-32-29-26-23-20-17-14-11-8-5-2/h16,18-19,21,24-25,27-29,32,57H,4-15,17,20,22-23,26,30-31,33-56H2,1-3H3/b19-16-,21-18-,27-24-,28-25-,32-29-. The van der Waals surface area contributed by atoms with Gasteiger partial charge in [-0.05, 0) is 103 Å². The largest absolute Gasteiger partial charge is 0.462 e. The molecule has 0 bridgehead atoms. The Kier molecular flexibility index (Phi) is 52.3. The van der Waals surface area contributed by atoms with E-state index in [1.807, 2.05) is 0 Å². The van der Waals surface area contributed by atoms with Crippen molar-refractivity contribution in [1.29, 1.82) is 0 Å². The van der Waals surface area contributed by atoms with Gasteiger partial charge in [-0.2, -0.15) is 0 Å². The SMILES string of the molecule is CCCCC/C=C\C=C/CCCCCCCCC(=O)OCC(COC(=O)CCCCCCCCC/C=C\C/C=C\CCCCC)OC(=O)CCCCCCC/C=C\CCCCCCCCC. The molecule has 0 aliphatic rings. The third-order valence-corrected chi connectivity index (χ3v) is 12.2. The molecule has 1 atom stereocenters. The molecule has 0 N–H and O–H groups in total. The molecule has 0 aromatic rings. The van der Waals surface area contributed by atoms with E-state index in [-0.39, 0.29) is 31.1 Å². The third-order valence-electron chi connectivity index (χ3n) is 12.2. The van der Waals surface area contributed by atoms with Crippen LogP contribution in [0.1, 0.15) is 284 Å². The Hall–Kier alpha value is -2.89. The molecule has 0 aromatic heterocycles. The van der Waals surface area contributed by atoms with Gasteiger partial charge in [0.15, 0.2) is 6.10 Å². The van der Waals surface area contributed by atoms with Crippen molar-refractivity contribution >= 4 is 17.9 Å². The van der Waals surface area contributed by atoms with Crippen LogP contribution >= 0.6 is 0 Å². The van der Waals surface area contributed by atoms with Crippen molar-refractivity contribution < 1.29 is 28.6 Å². The van der Waals surface area contributed by atoms with E-state index in [2.05, 4.69) is 81.5 Å². The van der Waals surface area contributed by atoms with Crippen LogP contribution in [0.15, 0.2) is 60.8 Å². The van der Waals surface area contributed by atoms with Gasteiger partial charge >= 0.3 is 17.9 Å². The van der Waals surface area contributed by atoms with Gasteiger partial charge in [-0.15, -0.1) is 0 Å². The highest BCUT2D eigenvalue weighted by molar-refractivity contribution is 5.71. The fourth-order valence-electron chi connectivity index (χ4n) is 7.93. The summed E-state index contributed by atoms with van der Waals surface area (Å²) in [6.07, 6.45) is 67.7. The van der Waals surface area contributed by atoms with Gasteiger partial charge in [0, 0.05) is 19.3 Å². The lowest BCUT2D eigenvalue weighted by Crippen LogP contribution is -2.30. The molecule has 6 nitrogen and oxygen atoms in total. The van der Waals surface area contributed by atoms with Gasteiger partial charge in [-0.25, -0.2) is 0 Å². The van der Waals surface area contributed by atoms with Crippen molar-refractivity contribution in [2.45, 2.75) is 290 Å². The van der Waals surface area contributed by atoms with Crippen LogP contribution in [0.2, 0.25) is 0 Å². The first-order valence-corrected chi connectivity index (χ1v) is 28.3. The second-order valence-electron chi connectivity index (χ2n) is 18.9. The van der Waals surface area contributed by atoms with E-state index < -0.39 is 6.10 Å². The predicted molar refractivity (Wildman–Crippen MR) is 284 cm³/mol. The number of hydrogen-bond donors (Lipinski definition) is 0. The Bertz CT molecular complexity index is 1200. The second-order valence-corrected chi connectivity index (χ2v) is 18.9. The van der Waals surface area contributed by atoms with Crippen molar-refractivity contribution in [3.63, 3.8) is 0 Å². The van der Waals surface area contributed by atoms with Gasteiger partial charge in [0.2, 0.25) is 0 Å². The predicted octanol–water partition coefficient (Wildman–Crippen LogP) is 18.8. The molecular weight excluding hydrogens is 817 g/mol. The van der Waals surface area contributed by atoms with Crippen molar-refractivity contribution in [3.8, 4) is 0 Å². The lowest BCUT2D eigenvalue weighted by atomic mass is 10.1. The Labute approximate surface area is 409 Å². The molecule has 0 saturated carbocycles. The monoisotopic (exact) mass is 923 g/mol. The minimum Gasteiger partial charge on any atom is -0.462 e. The highest BCUT2D eigenvalue weighted by Gasteiger charge is 2.19. The topological polar surface area (TPSA) is 78.9 Å². The highest BCUT2D eigenvalue weighted by atomic mass is 16.6. The minimum atomic E-state index is -0.786. The van der Waals surface area contributed by atoms with Gasteiger partial charge in [-0.3, -0.25) is 14.4 Å². The minimum absolute atomic E-state index is 0.0849. The summed E-state index contributed by atoms with van der Waals surface area (Å²) in [7, 11) is 0. The summed E-state index contributed by atoms with van der Waals surface area (Å²) >= 11 is 0. The van der Waals surface area contributed by atoms with Gasteiger partial charge in [0.05, 0.1) is 0 Å². The Balaban J connectivity index is 4.41. The van der Waals surface area contributed by atoms with E-state index in [9.17, 15) is 14.4 Å². The normalized spacial score (nSPS) is 12.5. The molecule has 0 spiro atoms. The van der Waals surface area contributed by atoms with E-state index in [0.29, 0.717) is 19.3 Å². The van der Waals surface area contributed by atoms with Crippen LogP contribution in [0.4, 0.5) is 0 Å². The third kappa shape index (κ3) is 52.1. The van der Waals surface area contributed by atoms with E-state index in [1.165, 1.54) is 154 Å². The quantitative estimate of drug-likeness (QED) is 0.0199. The zero-order chi connectivity index (χ0) is 47.9. The first-order valence-electron chi connectivity index (χ1n) is 28.3. The van der Waals surface area contributed by atoms with Gasteiger partial charge in [-0.1, -0.05) is 223 Å². The maximum atomic E-state index is 12.8. The van der Waals surface area contributed by atoms with Gasteiger partial charge in [0.25, 0.3) is 0 Å². The first kappa shape index (κ1) is 63.1. The van der Waals surface area contributed by atoms with E-state index in [1.54, 1.807) is 0 Å². The molecule has 0 rings (SSSR count). The number of carbonyl (C=O) groups excluding carboxylic acids is 3. The van der Waals surface area contributed by atoms with Gasteiger partial charge in [0.1, 0.15) is 13.2 Å². The maximum Gasteiger partial charge on any atom is 0.306 e. The molecule has 66 heavy (non-hydrogen) atoms. The Morgan fingerprint density at radius 3 is 0.970 bits per heavy atom. The van der Waals surface area contributed by atoms with Crippen LogP contribution in [0.3, 0.4) is 0 Å². The van der Waals surface area contributed by atoms with Gasteiger partial charge < -0.3 is 14.2 Å². The Morgan fingerprint density at radius 2 is 0.591 bits per heavy atom. The lowest BCUT2D eigenvalue weighted by molar-refractivity contribution is -0.167. The summed E-state index contributed by atoms with van der Waals surface area (Å²) in [6, 6.07) is 0. The molecule has 0 aliphatic carbocycles. The van der Waals surface area contributed by atoms with Crippen LogP contribution in [-0.2, 0) is 28.6 Å². The second kappa shape index (κ2) is 54.7. The summed E-state index contributed by atoms with van der Waals surface area (Å²) in [4.78, 5) is 38.1. The molecule has 0 saturated heterocycles. The fraction of sp³-hybridized carbons (Fsp3) is 0.783. The Morgan fingerprint density at radius 1 is 0.318 bits per heavy atom. The van der Waals surface area contributed by atoms with Crippen LogP contribution < -0.4 is 0 Å². The van der Waals surface area contributed by atoms with Crippen molar-refractivity contribution in [1.82, 2.24) is 0 Å². The first-order chi connectivity index (χ1) is 32.5. The summed E-state index contributed by atoms with van der Waals surface area (Å²) < 4.78 is 16.8. The smallest absolute Gasteiger partial charge is 0.306 e. The average Bonchev–Trinajstić information content (AvgIpc) is 3.31. The number of carbonyl (C=O) groups is 3. The number of esters is 3. The molecule has 0 radical (unpaired) electrons. The van der Waals surface area contributed by atoms with Crippen LogP contribution in [0.5, 0.6) is 0 Å². The van der Waals surface area contributed by atoms with Crippen LogP contribution in [0, 0.1) is 0 Å². The molecule has 0 heterocycles. The fourth-order valence-corrected chi connectivity index (χ4v) is 7.93. The van der Waals surface area contributed by atoms with E-state index in [4.69, 9.17) is 14.2 Å². The zero-order valence-electron chi connectivity index (χ0n) is 43.7. The number of hydrogen-bond acceptors (Lipinski definition) is 6. The van der Waals surface area contributed by atoms with Crippen LogP contribution in [0.25, 0.3) is 0 Å². The molecule has 0 amide bonds. The highest BCUT2D eigenvalue weighted by Crippen LogP contribution is 2.15. The van der Waals surface area contributed by atoms with Crippen molar-refractivity contribution in [2.24, 2.45) is 0 Å². The summed E-state index contributed by atoms with van der Waals surface area (Å²) in [6.45, 7) is 6.58. The number of unbranched alkanes of at least 4 members (excludes halogenated alkanes) is 31. The molecule has 0 fully saturated rings.